The molecule has 148 valence electrons. The van der Waals surface area contributed by atoms with Gasteiger partial charge in [-0.15, -0.1) is 0 Å². The van der Waals surface area contributed by atoms with E-state index in [2.05, 4.69) is 34.5 Å². The summed E-state index contributed by atoms with van der Waals surface area (Å²) in [4.78, 5) is 30.2. The van der Waals surface area contributed by atoms with E-state index in [0.29, 0.717) is 13.1 Å². The minimum absolute atomic E-state index is 0.0214. The Labute approximate surface area is 161 Å². The quantitative estimate of drug-likeness (QED) is 0.880. The SMILES string of the molecule is COC(=O)N1CCC(NC(=O)N2CCCN(Cc3ccccc3)CC2)CC1. The third kappa shape index (κ3) is 5.60. The van der Waals surface area contributed by atoms with Crippen LogP contribution < -0.4 is 5.32 Å². The lowest BCUT2D eigenvalue weighted by Gasteiger charge is -2.32. The summed E-state index contributed by atoms with van der Waals surface area (Å²) in [5.41, 5.74) is 1.31. The zero-order chi connectivity index (χ0) is 19.1. The average molecular weight is 374 g/mol. The molecule has 2 aliphatic heterocycles. The normalized spacial score (nSPS) is 19.4. The van der Waals surface area contributed by atoms with Crippen LogP contribution in [-0.4, -0.2) is 79.2 Å². The second kappa shape index (κ2) is 9.60. The summed E-state index contributed by atoms with van der Waals surface area (Å²) in [7, 11) is 1.40. The van der Waals surface area contributed by atoms with E-state index in [9.17, 15) is 9.59 Å². The summed E-state index contributed by atoms with van der Waals surface area (Å²) in [6.45, 7) is 5.63. The summed E-state index contributed by atoms with van der Waals surface area (Å²) in [6.07, 6.45) is 2.25. The molecule has 2 heterocycles. The standard InChI is InChI=1S/C20H30N4O3/c1-27-20(26)24-12-8-18(9-13-24)21-19(25)23-11-5-10-22(14-15-23)16-17-6-3-2-4-7-17/h2-4,6-7,18H,5,8-16H2,1H3,(H,21,25). The molecule has 7 nitrogen and oxygen atoms in total. The molecule has 3 amide bonds. The fourth-order valence-electron chi connectivity index (χ4n) is 3.78. The van der Waals surface area contributed by atoms with E-state index in [1.807, 2.05) is 11.0 Å². The Kier molecular flexibility index (Phi) is 6.92. The molecule has 0 radical (unpaired) electrons. The molecule has 1 N–H and O–H groups in total. The zero-order valence-electron chi connectivity index (χ0n) is 16.1. The van der Waals surface area contributed by atoms with E-state index >= 15 is 0 Å². The second-order valence-corrected chi connectivity index (χ2v) is 7.28. The lowest BCUT2D eigenvalue weighted by molar-refractivity contribution is 0.109. The first-order valence-electron chi connectivity index (χ1n) is 9.80. The van der Waals surface area contributed by atoms with Gasteiger partial charge in [-0.3, -0.25) is 4.90 Å². The Bertz CT molecular complexity index is 617. The van der Waals surface area contributed by atoms with E-state index in [1.165, 1.54) is 12.7 Å². The number of piperidine rings is 1. The number of hydrogen-bond acceptors (Lipinski definition) is 4. The Morgan fingerprint density at radius 2 is 1.74 bits per heavy atom. The van der Waals surface area contributed by atoms with Crippen molar-refractivity contribution in [1.82, 2.24) is 20.0 Å². The molecular formula is C20H30N4O3. The molecule has 0 aliphatic carbocycles. The van der Waals surface area contributed by atoms with Crippen LogP contribution in [0.5, 0.6) is 0 Å². The van der Waals surface area contributed by atoms with Crippen LogP contribution in [0.1, 0.15) is 24.8 Å². The highest BCUT2D eigenvalue weighted by atomic mass is 16.5. The van der Waals surface area contributed by atoms with Crippen LogP contribution in [-0.2, 0) is 11.3 Å². The van der Waals surface area contributed by atoms with Gasteiger partial charge in [0.1, 0.15) is 0 Å². The third-order valence-electron chi connectivity index (χ3n) is 5.38. The molecule has 27 heavy (non-hydrogen) atoms. The molecule has 2 saturated heterocycles. The van der Waals surface area contributed by atoms with Crippen LogP contribution in [0, 0.1) is 0 Å². The van der Waals surface area contributed by atoms with Crippen LogP contribution >= 0.6 is 0 Å². The number of ether oxygens (including phenoxy) is 1. The molecular weight excluding hydrogens is 344 g/mol. The molecule has 2 fully saturated rings. The van der Waals surface area contributed by atoms with Crippen LogP contribution in [0.4, 0.5) is 9.59 Å². The summed E-state index contributed by atoms with van der Waals surface area (Å²) < 4.78 is 4.75. The molecule has 0 spiro atoms. The lowest BCUT2D eigenvalue weighted by atomic mass is 10.1. The molecule has 1 aromatic carbocycles. The van der Waals surface area contributed by atoms with Gasteiger partial charge in [-0.2, -0.15) is 0 Å². The van der Waals surface area contributed by atoms with Crippen LogP contribution in [0.2, 0.25) is 0 Å². The van der Waals surface area contributed by atoms with Gasteiger partial charge in [0.15, 0.2) is 0 Å². The summed E-state index contributed by atoms with van der Waals surface area (Å²) in [6, 6.07) is 10.6. The van der Waals surface area contributed by atoms with Crippen molar-refractivity contribution < 1.29 is 14.3 Å². The van der Waals surface area contributed by atoms with Crippen molar-refractivity contribution in [3.05, 3.63) is 35.9 Å². The maximum atomic E-state index is 12.6. The van der Waals surface area contributed by atoms with Gasteiger partial charge in [-0.25, -0.2) is 9.59 Å². The number of amides is 3. The molecule has 0 atom stereocenters. The van der Waals surface area contributed by atoms with Crippen molar-refractivity contribution in [3.8, 4) is 0 Å². The fraction of sp³-hybridized carbons (Fsp3) is 0.600. The van der Waals surface area contributed by atoms with Crippen molar-refractivity contribution in [1.29, 1.82) is 0 Å². The van der Waals surface area contributed by atoms with Gasteiger partial charge >= 0.3 is 12.1 Å². The van der Waals surface area contributed by atoms with Gasteiger partial charge in [0.05, 0.1) is 7.11 Å². The Morgan fingerprint density at radius 3 is 2.44 bits per heavy atom. The maximum absolute atomic E-state index is 12.6. The fourth-order valence-corrected chi connectivity index (χ4v) is 3.78. The third-order valence-corrected chi connectivity index (χ3v) is 5.38. The number of rotatable bonds is 3. The van der Waals surface area contributed by atoms with Crippen LogP contribution in [0.3, 0.4) is 0 Å². The Balaban J connectivity index is 1.42. The van der Waals surface area contributed by atoms with Gasteiger partial charge in [0.2, 0.25) is 0 Å². The van der Waals surface area contributed by atoms with Gasteiger partial charge in [0.25, 0.3) is 0 Å². The van der Waals surface area contributed by atoms with Gasteiger partial charge < -0.3 is 19.9 Å². The highest BCUT2D eigenvalue weighted by Gasteiger charge is 2.26. The predicted octanol–water partition coefficient (Wildman–Crippen LogP) is 2.13. The second-order valence-electron chi connectivity index (χ2n) is 7.28. The number of methoxy groups -OCH3 is 1. The number of benzene rings is 1. The number of nitrogens with zero attached hydrogens (tertiary/aromatic N) is 3. The highest BCUT2D eigenvalue weighted by molar-refractivity contribution is 5.74. The minimum atomic E-state index is -0.286. The number of likely N-dealkylation sites (tertiary alicyclic amines) is 1. The first-order valence-corrected chi connectivity index (χ1v) is 9.80. The number of nitrogens with one attached hydrogen (secondary N) is 1. The number of carbonyl (C=O) groups excluding carboxylic acids is 2. The van der Waals surface area contributed by atoms with E-state index in [4.69, 9.17) is 4.74 Å². The van der Waals surface area contributed by atoms with Crippen molar-refractivity contribution in [3.63, 3.8) is 0 Å². The van der Waals surface area contributed by atoms with Crippen LogP contribution in [0.25, 0.3) is 0 Å². The molecule has 0 unspecified atom stereocenters. The monoisotopic (exact) mass is 374 g/mol. The van der Waals surface area contributed by atoms with Crippen LogP contribution in [0.15, 0.2) is 30.3 Å². The molecule has 2 aliphatic rings. The molecule has 7 heteroatoms. The number of urea groups is 1. The first-order chi connectivity index (χ1) is 13.2. The van der Waals surface area contributed by atoms with Crippen molar-refractivity contribution in [2.45, 2.75) is 31.8 Å². The minimum Gasteiger partial charge on any atom is -0.453 e. The first kappa shape index (κ1) is 19.5. The lowest BCUT2D eigenvalue weighted by Crippen LogP contribution is -2.50. The topological polar surface area (TPSA) is 65.1 Å². The molecule has 3 rings (SSSR count). The molecule has 0 saturated carbocycles. The van der Waals surface area contributed by atoms with E-state index in [-0.39, 0.29) is 18.2 Å². The zero-order valence-corrected chi connectivity index (χ0v) is 16.1. The van der Waals surface area contributed by atoms with E-state index in [1.54, 1.807) is 4.90 Å². The highest BCUT2D eigenvalue weighted by Crippen LogP contribution is 2.13. The molecule has 0 bridgehead atoms. The number of carbonyl (C=O) groups is 2. The largest absolute Gasteiger partial charge is 0.453 e. The molecule has 1 aromatic rings. The summed E-state index contributed by atoms with van der Waals surface area (Å²) in [5.74, 6) is 0. The van der Waals surface area contributed by atoms with Crippen molar-refractivity contribution in [2.24, 2.45) is 0 Å². The predicted molar refractivity (Wildman–Crippen MR) is 103 cm³/mol. The van der Waals surface area contributed by atoms with Gasteiger partial charge in [-0.05, 0) is 24.8 Å². The average Bonchev–Trinajstić information content (AvgIpc) is 2.94. The van der Waals surface area contributed by atoms with Gasteiger partial charge in [0, 0.05) is 51.9 Å². The smallest absolute Gasteiger partial charge is 0.409 e. The van der Waals surface area contributed by atoms with E-state index < -0.39 is 0 Å². The number of hydrogen-bond donors (Lipinski definition) is 1. The Hall–Kier alpha value is -2.28. The van der Waals surface area contributed by atoms with Crippen molar-refractivity contribution in [2.75, 3.05) is 46.4 Å². The molecule has 0 aromatic heterocycles. The summed E-state index contributed by atoms with van der Waals surface area (Å²) >= 11 is 0. The maximum Gasteiger partial charge on any atom is 0.409 e. The van der Waals surface area contributed by atoms with Crippen molar-refractivity contribution >= 4 is 12.1 Å². The summed E-state index contributed by atoms with van der Waals surface area (Å²) in [5, 5.41) is 3.15. The Morgan fingerprint density at radius 1 is 1.00 bits per heavy atom. The van der Waals surface area contributed by atoms with E-state index in [0.717, 1.165) is 52.0 Å². The van der Waals surface area contributed by atoms with Gasteiger partial charge in [-0.1, -0.05) is 30.3 Å².